The Morgan fingerprint density at radius 3 is 2.62 bits per heavy atom. The fourth-order valence-electron chi connectivity index (χ4n) is 2.37. The van der Waals surface area contributed by atoms with Crippen LogP contribution in [0.4, 0.5) is 17.5 Å². The summed E-state index contributed by atoms with van der Waals surface area (Å²) >= 11 is 0. The SMILES string of the molecule is Cc1ccccc1Nc1nncc(N2CCN(C)CC2)n1. The van der Waals surface area contributed by atoms with Crippen LogP contribution in [0.1, 0.15) is 5.56 Å². The van der Waals surface area contributed by atoms with E-state index in [2.05, 4.69) is 50.3 Å². The molecule has 0 spiro atoms. The number of piperazine rings is 1. The molecule has 1 N–H and O–H groups in total. The molecule has 0 unspecified atom stereocenters. The summed E-state index contributed by atoms with van der Waals surface area (Å²) in [6.45, 7) is 6.09. The lowest BCUT2D eigenvalue weighted by atomic mass is 10.2. The van der Waals surface area contributed by atoms with Crippen molar-refractivity contribution in [1.29, 1.82) is 0 Å². The first-order valence-electron chi connectivity index (χ1n) is 7.18. The lowest BCUT2D eigenvalue weighted by Gasteiger charge is -2.32. The zero-order chi connectivity index (χ0) is 14.7. The summed E-state index contributed by atoms with van der Waals surface area (Å²) in [5, 5.41) is 11.4. The van der Waals surface area contributed by atoms with E-state index in [4.69, 9.17) is 0 Å². The molecule has 0 aliphatic carbocycles. The van der Waals surface area contributed by atoms with Crippen molar-refractivity contribution >= 4 is 17.5 Å². The Morgan fingerprint density at radius 2 is 1.86 bits per heavy atom. The van der Waals surface area contributed by atoms with Crippen LogP contribution in [-0.2, 0) is 0 Å². The van der Waals surface area contributed by atoms with Gasteiger partial charge in [-0.2, -0.15) is 10.1 Å². The third-order valence-corrected chi connectivity index (χ3v) is 3.76. The molecule has 21 heavy (non-hydrogen) atoms. The molecule has 0 amide bonds. The maximum atomic E-state index is 4.58. The molecule has 1 saturated heterocycles. The van der Waals surface area contributed by atoms with Crippen molar-refractivity contribution in [2.24, 2.45) is 0 Å². The number of hydrogen-bond acceptors (Lipinski definition) is 6. The number of aryl methyl sites for hydroxylation is 1. The van der Waals surface area contributed by atoms with Crippen LogP contribution in [0, 0.1) is 6.92 Å². The molecule has 1 fully saturated rings. The highest BCUT2D eigenvalue weighted by Gasteiger charge is 2.16. The van der Waals surface area contributed by atoms with Gasteiger partial charge in [-0.1, -0.05) is 18.2 Å². The molecular weight excluding hydrogens is 264 g/mol. The fourth-order valence-corrected chi connectivity index (χ4v) is 2.37. The Bertz CT molecular complexity index is 607. The second-order valence-electron chi connectivity index (χ2n) is 5.37. The Balaban J connectivity index is 1.76. The summed E-state index contributed by atoms with van der Waals surface area (Å²) in [6.07, 6.45) is 1.73. The highest BCUT2D eigenvalue weighted by Crippen LogP contribution is 2.19. The number of anilines is 3. The topological polar surface area (TPSA) is 57.2 Å². The molecule has 2 aromatic rings. The van der Waals surface area contributed by atoms with Gasteiger partial charge >= 0.3 is 0 Å². The number of hydrogen-bond donors (Lipinski definition) is 1. The molecule has 1 aliphatic rings. The van der Waals surface area contributed by atoms with Gasteiger partial charge < -0.3 is 15.1 Å². The summed E-state index contributed by atoms with van der Waals surface area (Å²) < 4.78 is 0. The summed E-state index contributed by atoms with van der Waals surface area (Å²) in [6, 6.07) is 8.08. The maximum absolute atomic E-state index is 4.58. The van der Waals surface area contributed by atoms with Gasteiger partial charge in [0.1, 0.15) is 0 Å². The highest BCUT2D eigenvalue weighted by atomic mass is 15.3. The molecule has 0 atom stereocenters. The van der Waals surface area contributed by atoms with E-state index < -0.39 is 0 Å². The predicted molar refractivity (Wildman–Crippen MR) is 84.0 cm³/mol. The minimum atomic E-state index is 0.542. The van der Waals surface area contributed by atoms with Crippen molar-refractivity contribution in [3.05, 3.63) is 36.0 Å². The third kappa shape index (κ3) is 3.28. The van der Waals surface area contributed by atoms with E-state index in [1.807, 2.05) is 18.2 Å². The number of aromatic nitrogens is 3. The minimum absolute atomic E-state index is 0.542. The Morgan fingerprint density at radius 1 is 1.10 bits per heavy atom. The minimum Gasteiger partial charge on any atom is -0.353 e. The summed E-state index contributed by atoms with van der Waals surface area (Å²) in [4.78, 5) is 9.15. The third-order valence-electron chi connectivity index (χ3n) is 3.76. The Kier molecular flexibility index (Phi) is 3.96. The summed E-state index contributed by atoms with van der Waals surface area (Å²) in [7, 11) is 2.14. The number of para-hydroxylation sites is 1. The molecule has 110 valence electrons. The molecule has 1 aromatic heterocycles. The first-order valence-corrected chi connectivity index (χ1v) is 7.18. The molecule has 6 heteroatoms. The Labute approximate surface area is 124 Å². The monoisotopic (exact) mass is 284 g/mol. The molecule has 2 heterocycles. The van der Waals surface area contributed by atoms with E-state index in [1.165, 1.54) is 0 Å². The van der Waals surface area contributed by atoms with E-state index in [-0.39, 0.29) is 0 Å². The lowest BCUT2D eigenvalue weighted by molar-refractivity contribution is 0.312. The van der Waals surface area contributed by atoms with E-state index >= 15 is 0 Å². The number of likely N-dealkylation sites (N-methyl/N-ethyl adjacent to an activating group) is 1. The molecule has 3 rings (SSSR count). The van der Waals surface area contributed by atoms with Gasteiger partial charge in [0.25, 0.3) is 0 Å². The average molecular weight is 284 g/mol. The van der Waals surface area contributed by atoms with E-state index in [0.717, 1.165) is 43.2 Å². The fraction of sp³-hybridized carbons (Fsp3) is 0.400. The lowest BCUT2D eigenvalue weighted by Crippen LogP contribution is -2.44. The smallest absolute Gasteiger partial charge is 0.249 e. The zero-order valence-corrected chi connectivity index (χ0v) is 12.5. The second kappa shape index (κ2) is 6.05. The van der Waals surface area contributed by atoms with Gasteiger partial charge in [-0.05, 0) is 25.6 Å². The highest BCUT2D eigenvalue weighted by molar-refractivity contribution is 5.58. The molecule has 0 bridgehead atoms. The maximum Gasteiger partial charge on any atom is 0.249 e. The van der Waals surface area contributed by atoms with Crippen LogP contribution < -0.4 is 10.2 Å². The molecule has 1 aromatic carbocycles. The second-order valence-corrected chi connectivity index (χ2v) is 5.37. The van der Waals surface area contributed by atoms with Crippen LogP contribution in [0.5, 0.6) is 0 Å². The Hall–Kier alpha value is -2.21. The van der Waals surface area contributed by atoms with Crippen molar-refractivity contribution < 1.29 is 0 Å². The quantitative estimate of drug-likeness (QED) is 0.925. The van der Waals surface area contributed by atoms with E-state index in [9.17, 15) is 0 Å². The number of rotatable bonds is 3. The zero-order valence-electron chi connectivity index (χ0n) is 12.5. The van der Waals surface area contributed by atoms with Gasteiger partial charge in [0.15, 0.2) is 5.82 Å². The number of nitrogens with zero attached hydrogens (tertiary/aromatic N) is 5. The van der Waals surface area contributed by atoms with E-state index in [1.54, 1.807) is 6.20 Å². The predicted octanol–water partition coefficient (Wildman–Crippen LogP) is 1.68. The number of benzene rings is 1. The van der Waals surface area contributed by atoms with Crippen molar-refractivity contribution in [2.45, 2.75) is 6.92 Å². The largest absolute Gasteiger partial charge is 0.353 e. The van der Waals surface area contributed by atoms with Gasteiger partial charge in [-0.3, -0.25) is 0 Å². The van der Waals surface area contributed by atoms with Crippen LogP contribution in [-0.4, -0.2) is 53.3 Å². The van der Waals surface area contributed by atoms with Gasteiger partial charge in [0.05, 0.1) is 6.20 Å². The van der Waals surface area contributed by atoms with Gasteiger partial charge in [0.2, 0.25) is 5.95 Å². The van der Waals surface area contributed by atoms with Gasteiger partial charge in [-0.15, -0.1) is 5.10 Å². The molecule has 1 aliphatic heterocycles. The van der Waals surface area contributed by atoms with E-state index in [0.29, 0.717) is 5.95 Å². The van der Waals surface area contributed by atoms with Crippen molar-refractivity contribution in [3.63, 3.8) is 0 Å². The number of nitrogens with one attached hydrogen (secondary N) is 1. The van der Waals surface area contributed by atoms with Crippen LogP contribution in [0.15, 0.2) is 30.5 Å². The van der Waals surface area contributed by atoms with Crippen molar-refractivity contribution in [3.8, 4) is 0 Å². The molecule has 6 nitrogen and oxygen atoms in total. The molecule has 0 radical (unpaired) electrons. The van der Waals surface area contributed by atoms with Gasteiger partial charge in [-0.25, -0.2) is 0 Å². The van der Waals surface area contributed by atoms with Crippen LogP contribution >= 0.6 is 0 Å². The first kappa shape index (κ1) is 13.8. The average Bonchev–Trinajstić information content (AvgIpc) is 2.51. The summed E-state index contributed by atoms with van der Waals surface area (Å²) in [5.74, 6) is 1.43. The molecular formula is C15H20N6. The first-order chi connectivity index (χ1) is 10.2. The van der Waals surface area contributed by atoms with Crippen LogP contribution in [0.25, 0.3) is 0 Å². The van der Waals surface area contributed by atoms with Crippen LogP contribution in [0.2, 0.25) is 0 Å². The summed E-state index contributed by atoms with van der Waals surface area (Å²) in [5.41, 5.74) is 2.17. The van der Waals surface area contributed by atoms with Gasteiger partial charge in [0, 0.05) is 31.9 Å². The van der Waals surface area contributed by atoms with Crippen molar-refractivity contribution in [2.75, 3.05) is 43.4 Å². The van der Waals surface area contributed by atoms with Crippen LogP contribution in [0.3, 0.4) is 0 Å². The molecule has 0 saturated carbocycles. The normalized spacial score (nSPS) is 16.0. The van der Waals surface area contributed by atoms with Crippen molar-refractivity contribution in [1.82, 2.24) is 20.1 Å². The standard InChI is InChI=1S/C15H20N6/c1-12-5-3-4-6-13(12)17-15-18-14(11-16-19-15)21-9-7-20(2)8-10-21/h3-6,11H,7-10H2,1-2H3,(H,17,18,19).